The summed E-state index contributed by atoms with van der Waals surface area (Å²) in [5, 5.41) is 0. The van der Waals surface area contributed by atoms with Gasteiger partial charge in [-0.1, -0.05) is 25.1 Å². The van der Waals surface area contributed by atoms with Gasteiger partial charge in [0.25, 0.3) is 0 Å². The molecule has 2 unspecified atom stereocenters. The Morgan fingerprint density at radius 3 is 2.46 bits per heavy atom. The van der Waals surface area contributed by atoms with Crippen LogP contribution in [0.2, 0.25) is 0 Å². The Bertz CT molecular complexity index is 564. The minimum Gasteiger partial charge on any atom is -0.458 e. The van der Waals surface area contributed by atoms with Gasteiger partial charge in [0, 0.05) is 25.4 Å². The van der Waals surface area contributed by atoms with E-state index in [4.69, 9.17) is 9.47 Å². The minimum atomic E-state index is -0.505. The number of ether oxygens (including phenoxy) is 2. The van der Waals surface area contributed by atoms with Crippen LogP contribution < -0.4 is 0 Å². The highest BCUT2D eigenvalue weighted by atomic mass is 16.6. The average molecular weight is 333 g/mol. The lowest BCUT2D eigenvalue weighted by molar-refractivity contribution is -0.0259. The zero-order chi connectivity index (χ0) is 17.7. The SMILES string of the molecule is CCC1CN(C(=O)OC(C)(C)C)CCC1OC(=O)c1ccccc1. The molecule has 0 spiro atoms. The largest absolute Gasteiger partial charge is 0.458 e. The normalized spacial score (nSPS) is 21.2. The number of hydrogen-bond acceptors (Lipinski definition) is 4. The van der Waals surface area contributed by atoms with Crippen LogP contribution in [-0.2, 0) is 9.47 Å². The summed E-state index contributed by atoms with van der Waals surface area (Å²) in [7, 11) is 0. The van der Waals surface area contributed by atoms with Gasteiger partial charge < -0.3 is 14.4 Å². The van der Waals surface area contributed by atoms with Crippen LogP contribution in [0.15, 0.2) is 30.3 Å². The van der Waals surface area contributed by atoms with Gasteiger partial charge in [-0.25, -0.2) is 9.59 Å². The first-order chi connectivity index (χ1) is 11.3. The number of amides is 1. The first kappa shape index (κ1) is 18.3. The number of carbonyl (C=O) groups is 2. The van der Waals surface area contributed by atoms with Crippen LogP contribution in [0.4, 0.5) is 4.79 Å². The molecule has 0 aromatic heterocycles. The van der Waals surface area contributed by atoms with Gasteiger partial charge in [0.15, 0.2) is 0 Å². The highest BCUT2D eigenvalue weighted by molar-refractivity contribution is 5.89. The first-order valence-corrected chi connectivity index (χ1v) is 8.54. The van der Waals surface area contributed by atoms with Gasteiger partial charge in [0.2, 0.25) is 0 Å². The van der Waals surface area contributed by atoms with Crippen LogP contribution in [0.25, 0.3) is 0 Å². The van der Waals surface area contributed by atoms with E-state index in [2.05, 4.69) is 0 Å². The molecule has 1 aromatic rings. The van der Waals surface area contributed by atoms with Crippen LogP contribution in [0.1, 0.15) is 50.9 Å². The fraction of sp³-hybridized carbons (Fsp3) is 0.579. The van der Waals surface area contributed by atoms with Gasteiger partial charge in [0.1, 0.15) is 11.7 Å². The molecule has 5 heteroatoms. The van der Waals surface area contributed by atoms with Crippen molar-refractivity contribution in [2.24, 2.45) is 5.92 Å². The molecule has 0 saturated carbocycles. The molecule has 0 aliphatic carbocycles. The summed E-state index contributed by atoms with van der Waals surface area (Å²) in [6.07, 6.45) is 1.01. The van der Waals surface area contributed by atoms with E-state index in [1.165, 1.54) is 0 Å². The molecule has 0 bridgehead atoms. The number of esters is 1. The van der Waals surface area contributed by atoms with Crippen molar-refractivity contribution in [1.82, 2.24) is 4.90 Å². The average Bonchev–Trinajstić information content (AvgIpc) is 2.54. The molecule has 5 nitrogen and oxygen atoms in total. The van der Waals surface area contributed by atoms with Crippen molar-refractivity contribution >= 4 is 12.1 Å². The van der Waals surface area contributed by atoms with E-state index in [0.717, 1.165) is 6.42 Å². The van der Waals surface area contributed by atoms with Crippen LogP contribution >= 0.6 is 0 Å². The number of piperidine rings is 1. The zero-order valence-corrected chi connectivity index (χ0v) is 15.0. The number of benzene rings is 1. The van der Waals surface area contributed by atoms with E-state index in [1.807, 2.05) is 45.9 Å². The highest BCUT2D eigenvalue weighted by Crippen LogP contribution is 2.25. The van der Waals surface area contributed by atoms with Crippen molar-refractivity contribution in [1.29, 1.82) is 0 Å². The molecular formula is C19H27NO4. The second-order valence-corrected chi connectivity index (χ2v) is 7.19. The van der Waals surface area contributed by atoms with Crippen LogP contribution in [0.3, 0.4) is 0 Å². The first-order valence-electron chi connectivity index (χ1n) is 8.54. The summed E-state index contributed by atoms with van der Waals surface area (Å²) in [6.45, 7) is 8.71. The van der Waals surface area contributed by atoms with Gasteiger partial charge in [-0.15, -0.1) is 0 Å². The smallest absolute Gasteiger partial charge is 0.410 e. The molecule has 1 saturated heterocycles. The molecular weight excluding hydrogens is 306 g/mol. The van der Waals surface area contributed by atoms with Crippen LogP contribution in [0.5, 0.6) is 0 Å². The number of carbonyl (C=O) groups excluding carboxylic acids is 2. The molecule has 1 aromatic carbocycles. The summed E-state index contributed by atoms with van der Waals surface area (Å²) in [5.41, 5.74) is 0.0528. The summed E-state index contributed by atoms with van der Waals surface area (Å²) >= 11 is 0. The summed E-state index contributed by atoms with van der Waals surface area (Å²) in [6, 6.07) is 9.00. The summed E-state index contributed by atoms with van der Waals surface area (Å²) in [5.74, 6) is -0.177. The van der Waals surface area contributed by atoms with Gasteiger partial charge in [-0.05, 0) is 39.3 Å². The predicted octanol–water partition coefficient (Wildman–Crippen LogP) is 3.88. The van der Waals surface area contributed by atoms with E-state index in [-0.39, 0.29) is 24.1 Å². The van der Waals surface area contributed by atoms with Gasteiger partial charge in [-0.2, -0.15) is 0 Å². The van der Waals surface area contributed by atoms with Crippen molar-refractivity contribution < 1.29 is 19.1 Å². The molecule has 1 aliphatic rings. The fourth-order valence-corrected chi connectivity index (χ4v) is 2.83. The standard InChI is InChI=1S/C19H27NO4/c1-5-14-13-20(18(22)24-19(2,3)4)12-11-16(14)23-17(21)15-9-7-6-8-10-15/h6-10,14,16H,5,11-13H2,1-4H3. The van der Waals surface area contributed by atoms with E-state index < -0.39 is 5.60 Å². The molecule has 132 valence electrons. The van der Waals surface area contributed by atoms with E-state index in [1.54, 1.807) is 17.0 Å². The quantitative estimate of drug-likeness (QED) is 0.788. The van der Waals surface area contributed by atoms with Crippen molar-refractivity contribution in [2.75, 3.05) is 13.1 Å². The molecule has 24 heavy (non-hydrogen) atoms. The van der Waals surface area contributed by atoms with Gasteiger partial charge in [0.05, 0.1) is 5.56 Å². The fourth-order valence-electron chi connectivity index (χ4n) is 2.83. The summed E-state index contributed by atoms with van der Waals surface area (Å²) in [4.78, 5) is 26.2. The third-order valence-electron chi connectivity index (χ3n) is 4.11. The monoisotopic (exact) mass is 333 g/mol. The maximum absolute atomic E-state index is 12.2. The lowest BCUT2D eigenvalue weighted by atomic mass is 9.92. The molecule has 2 rings (SSSR count). The molecule has 1 fully saturated rings. The molecule has 1 amide bonds. The van der Waals surface area contributed by atoms with Gasteiger partial charge >= 0.3 is 12.1 Å². The Hall–Kier alpha value is -2.04. The zero-order valence-electron chi connectivity index (χ0n) is 15.0. The lowest BCUT2D eigenvalue weighted by Gasteiger charge is -2.38. The van der Waals surface area contributed by atoms with Crippen molar-refractivity contribution in [3.63, 3.8) is 0 Å². The Morgan fingerprint density at radius 2 is 1.88 bits per heavy atom. The van der Waals surface area contributed by atoms with E-state index in [9.17, 15) is 9.59 Å². The van der Waals surface area contributed by atoms with Crippen LogP contribution in [-0.4, -0.2) is 41.8 Å². The third-order valence-corrected chi connectivity index (χ3v) is 4.11. The Labute approximate surface area is 143 Å². The van der Waals surface area contributed by atoms with Crippen molar-refractivity contribution in [2.45, 2.75) is 52.2 Å². The highest BCUT2D eigenvalue weighted by Gasteiger charge is 2.34. The molecule has 1 heterocycles. The number of hydrogen-bond donors (Lipinski definition) is 0. The molecule has 0 N–H and O–H groups in total. The number of rotatable bonds is 3. The Morgan fingerprint density at radius 1 is 1.21 bits per heavy atom. The molecule has 2 atom stereocenters. The second-order valence-electron chi connectivity index (χ2n) is 7.19. The third kappa shape index (κ3) is 4.98. The van der Waals surface area contributed by atoms with Crippen molar-refractivity contribution in [3.8, 4) is 0 Å². The topological polar surface area (TPSA) is 55.8 Å². The molecule has 1 aliphatic heterocycles. The second kappa shape index (κ2) is 7.69. The molecule has 0 radical (unpaired) electrons. The Balaban J connectivity index is 1.95. The number of likely N-dealkylation sites (tertiary alicyclic amines) is 1. The van der Waals surface area contributed by atoms with Crippen LogP contribution in [0, 0.1) is 5.92 Å². The minimum absolute atomic E-state index is 0.124. The maximum atomic E-state index is 12.2. The van der Waals surface area contributed by atoms with Crippen molar-refractivity contribution in [3.05, 3.63) is 35.9 Å². The number of nitrogens with zero attached hydrogens (tertiary/aromatic N) is 1. The predicted molar refractivity (Wildman–Crippen MR) is 91.9 cm³/mol. The van der Waals surface area contributed by atoms with Gasteiger partial charge in [-0.3, -0.25) is 0 Å². The maximum Gasteiger partial charge on any atom is 0.410 e. The Kier molecular flexibility index (Phi) is 5.86. The van der Waals surface area contributed by atoms with E-state index >= 15 is 0 Å². The summed E-state index contributed by atoms with van der Waals surface area (Å²) < 4.78 is 11.1. The van der Waals surface area contributed by atoms with E-state index in [0.29, 0.717) is 25.1 Å². The lowest BCUT2D eigenvalue weighted by Crippen LogP contribution is -2.48.